The van der Waals surface area contributed by atoms with Gasteiger partial charge in [-0.25, -0.2) is 4.39 Å². The summed E-state index contributed by atoms with van der Waals surface area (Å²) in [6, 6.07) is 4.66. The molecule has 1 aromatic rings. The van der Waals surface area contributed by atoms with Gasteiger partial charge in [-0.05, 0) is 37.0 Å². The molecule has 1 saturated carbocycles. The van der Waals surface area contributed by atoms with Crippen LogP contribution in [0.5, 0.6) is 0 Å². The van der Waals surface area contributed by atoms with Crippen LogP contribution in [-0.4, -0.2) is 5.91 Å². The standard InChI is InChI=1S/C14H17BrFNO/c15-11-6-7-13(12(16)9-11)17-14(18)8-10-4-2-1-3-5-10/h6-7,9-10H,1-5,8H2,(H,17,18). The van der Waals surface area contributed by atoms with E-state index in [0.717, 1.165) is 12.8 Å². The minimum absolute atomic E-state index is 0.0804. The number of amides is 1. The quantitative estimate of drug-likeness (QED) is 0.874. The molecule has 0 heterocycles. The number of halogens is 2. The second kappa shape index (κ2) is 6.32. The van der Waals surface area contributed by atoms with Crippen LogP contribution in [0.3, 0.4) is 0 Å². The van der Waals surface area contributed by atoms with Crippen LogP contribution in [-0.2, 0) is 4.79 Å². The van der Waals surface area contributed by atoms with Crippen molar-refractivity contribution in [2.24, 2.45) is 5.92 Å². The first-order chi connectivity index (χ1) is 8.65. The molecule has 0 bridgehead atoms. The lowest BCUT2D eigenvalue weighted by Crippen LogP contribution is -2.18. The largest absolute Gasteiger partial charge is 0.324 e. The molecule has 0 atom stereocenters. The molecular weight excluding hydrogens is 297 g/mol. The minimum atomic E-state index is -0.402. The van der Waals surface area contributed by atoms with Crippen molar-refractivity contribution in [2.75, 3.05) is 5.32 Å². The normalized spacial score (nSPS) is 16.6. The van der Waals surface area contributed by atoms with E-state index in [0.29, 0.717) is 16.8 Å². The monoisotopic (exact) mass is 313 g/mol. The second-order valence-electron chi connectivity index (χ2n) is 4.88. The van der Waals surface area contributed by atoms with Gasteiger partial charge in [0.2, 0.25) is 5.91 Å². The van der Waals surface area contributed by atoms with Crippen molar-refractivity contribution in [1.82, 2.24) is 0 Å². The van der Waals surface area contributed by atoms with Gasteiger partial charge in [-0.1, -0.05) is 35.2 Å². The lowest BCUT2D eigenvalue weighted by Gasteiger charge is -2.20. The van der Waals surface area contributed by atoms with E-state index in [9.17, 15) is 9.18 Å². The Morgan fingerprint density at radius 3 is 2.72 bits per heavy atom. The molecule has 0 unspecified atom stereocenters. The highest BCUT2D eigenvalue weighted by molar-refractivity contribution is 9.10. The first kappa shape index (κ1) is 13.5. The van der Waals surface area contributed by atoms with Crippen molar-refractivity contribution < 1.29 is 9.18 Å². The molecule has 98 valence electrons. The molecule has 2 nitrogen and oxygen atoms in total. The number of carbonyl (C=O) groups excluding carboxylic acids is 1. The van der Waals surface area contributed by atoms with Gasteiger partial charge < -0.3 is 5.32 Å². The zero-order chi connectivity index (χ0) is 13.0. The summed E-state index contributed by atoms with van der Waals surface area (Å²) in [6.07, 6.45) is 6.45. The van der Waals surface area contributed by atoms with Gasteiger partial charge in [0.25, 0.3) is 0 Å². The molecule has 2 rings (SSSR count). The Hall–Kier alpha value is -0.900. The summed E-state index contributed by atoms with van der Waals surface area (Å²) >= 11 is 3.19. The van der Waals surface area contributed by atoms with Crippen LogP contribution in [0.15, 0.2) is 22.7 Å². The third-order valence-electron chi connectivity index (χ3n) is 3.40. The summed E-state index contributed by atoms with van der Waals surface area (Å²) < 4.78 is 14.2. The summed E-state index contributed by atoms with van der Waals surface area (Å²) in [7, 11) is 0. The average Bonchev–Trinajstić information content (AvgIpc) is 2.34. The number of anilines is 1. The van der Waals surface area contributed by atoms with Crippen LogP contribution in [0, 0.1) is 11.7 Å². The van der Waals surface area contributed by atoms with Gasteiger partial charge in [-0.15, -0.1) is 0 Å². The summed E-state index contributed by atoms with van der Waals surface area (Å²) in [4.78, 5) is 11.8. The van der Waals surface area contributed by atoms with E-state index < -0.39 is 5.82 Å². The fraction of sp³-hybridized carbons (Fsp3) is 0.500. The first-order valence-electron chi connectivity index (χ1n) is 6.40. The van der Waals surface area contributed by atoms with Gasteiger partial charge >= 0.3 is 0 Å². The van der Waals surface area contributed by atoms with Gasteiger partial charge in [0.05, 0.1) is 5.69 Å². The van der Waals surface area contributed by atoms with Crippen molar-refractivity contribution >= 4 is 27.5 Å². The number of rotatable bonds is 3. The molecule has 1 aromatic carbocycles. The van der Waals surface area contributed by atoms with E-state index in [1.807, 2.05) is 0 Å². The van der Waals surface area contributed by atoms with Crippen LogP contribution >= 0.6 is 15.9 Å². The lowest BCUT2D eigenvalue weighted by atomic mass is 9.87. The second-order valence-corrected chi connectivity index (χ2v) is 5.80. The predicted molar refractivity (Wildman–Crippen MR) is 73.9 cm³/mol. The highest BCUT2D eigenvalue weighted by atomic mass is 79.9. The molecule has 0 aliphatic heterocycles. The molecule has 0 spiro atoms. The van der Waals surface area contributed by atoms with Crippen molar-refractivity contribution in [2.45, 2.75) is 38.5 Å². The van der Waals surface area contributed by atoms with E-state index in [4.69, 9.17) is 0 Å². The summed E-state index contributed by atoms with van der Waals surface area (Å²) in [5, 5.41) is 2.65. The topological polar surface area (TPSA) is 29.1 Å². The number of nitrogens with one attached hydrogen (secondary N) is 1. The summed E-state index contributed by atoms with van der Waals surface area (Å²) in [5.41, 5.74) is 0.263. The Labute approximate surface area is 115 Å². The molecule has 1 aliphatic carbocycles. The highest BCUT2D eigenvalue weighted by Gasteiger charge is 2.17. The smallest absolute Gasteiger partial charge is 0.224 e. The van der Waals surface area contributed by atoms with Gasteiger partial charge in [0.15, 0.2) is 0 Å². The molecule has 1 aliphatic rings. The Bertz CT molecular complexity index is 430. The first-order valence-corrected chi connectivity index (χ1v) is 7.19. The van der Waals surface area contributed by atoms with Crippen LogP contribution in [0.4, 0.5) is 10.1 Å². The Balaban J connectivity index is 1.90. The Kier molecular flexibility index (Phi) is 4.75. The Morgan fingerprint density at radius 2 is 2.06 bits per heavy atom. The van der Waals surface area contributed by atoms with E-state index in [2.05, 4.69) is 21.2 Å². The molecule has 4 heteroatoms. The summed E-state index contributed by atoms with van der Waals surface area (Å²) in [6.45, 7) is 0. The van der Waals surface area contributed by atoms with Crippen LogP contribution in [0.25, 0.3) is 0 Å². The zero-order valence-corrected chi connectivity index (χ0v) is 11.8. The van der Waals surface area contributed by atoms with E-state index in [-0.39, 0.29) is 11.6 Å². The predicted octanol–water partition coefficient (Wildman–Crippen LogP) is 4.50. The number of hydrogen-bond donors (Lipinski definition) is 1. The van der Waals surface area contributed by atoms with Crippen molar-refractivity contribution in [1.29, 1.82) is 0 Å². The van der Waals surface area contributed by atoms with Crippen LogP contribution in [0.1, 0.15) is 38.5 Å². The third-order valence-corrected chi connectivity index (χ3v) is 3.90. The molecule has 0 radical (unpaired) electrons. The maximum absolute atomic E-state index is 13.5. The van der Waals surface area contributed by atoms with Crippen molar-refractivity contribution in [3.8, 4) is 0 Å². The Morgan fingerprint density at radius 1 is 1.33 bits per heavy atom. The fourth-order valence-corrected chi connectivity index (χ4v) is 2.78. The molecule has 1 fully saturated rings. The number of benzene rings is 1. The molecule has 0 aromatic heterocycles. The molecule has 0 saturated heterocycles. The van der Waals surface area contributed by atoms with E-state index in [1.54, 1.807) is 12.1 Å². The maximum Gasteiger partial charge on any atom is 0.224 e. The number of carbonyl (C=O) groups is 1. The van der Waals surface area contributed by atoms with Gasteiger partial charge in [0, 0.05) is 10.9 Å². The zero-order valence-electron chi connectivity index (χ0n) is 10.2. The van der Waals surface area contributed by atoms with E-state index >= 15 is 0 Å². The van der Waals surface area contributed by atoms with Gasteiger partial charge in [-0.2, -0.15) is 0 Å². The highest BCUT2D eigenvalue weighted by Crippen LogP contribution is 2.27. The van der Waals surface area contributed by atoms with Crippen LogP contribution < -0.4 is 5.32 Å². The lowest BCUT2D eigenvalue weighted by molar-refractivity contribution is -0.117. The SMILES string of the molecule is O=C(CC1CCCCC1)Nc1ccc(Br)cc1F. The van der Waals surface area contributed by atoms with Crippen molar-refractivity contribution in [3.63, 3.8) is 0 Å². The molecule has 1 amide bonds. The maximum atomic E-state index is 13.5. The van der Waals surface area contributed by atoms with E-state index in [1.165, 1.54) is 25.3 Å². The third kappa shape index (κ3) is 3.80. The average molecular weight is 314 g/mol. The molecule has 1 N–H and O–H groups in total. The van der Waals surface area contributed by atoms with Crippen molar-refractivity contribution in [3.05, 3.63) is 28.5 Å². The molecular formula is C14H17BrFNO. The van der Waals surface area contributed by atoms with Gasteiger partial charge in [-0.3, -0.25) is 4.79 Å². The van der Waals surface area contributed by atoms with Crippen LogP contribution in [0.2, 0.25) is 0 Å². The number of hydrogen-bond acceptors (Lipinski definition) is 1. The molecule has 18 heavy (non-hydrogen) atoms. The summed E-state index contributed by atoms with van der Waals surface area (Å²) in [5.74, 6) is -0.0123. The van der Waals surface area contributed by atoms with Gasteiger partial charge in [0.1, 0.15) is 5.82 Å². The minimum Gasteiger partial charge on any atom is -0.324 e. The fourth-order valence-electron chi connectivity index (χ4n) is 2.45.